The third-order valence-electron chi connectivity index (χ3n) is 2.44. The van der Waals surface area contributed by atoms with E-state index in [-0.39, 0.29) is 5.54 Å². The number of rotatable bonds is 4. The van der Waals surface area contributed by atoms with Gasteiger partial charge in [0.2, 0.25) is 0 Å². The van der Waals surface area contributed by atoms with Gasteiger partial charge in [-0.05, 0) is 26.3 Å². The lowest BCUT2D eigenvalue weighted by Crippen LogP contribution is -2.39. The SMILES string of the molecule is CCc1cc2c(NCC(C)(C)N)ncnc2s1. The highest BCUT2D eigenvalue weighted by Gasteiger charge is 2.13. The van der Waals surface area contributed by atoms with E-state index in [9.17, 15) is 0 Å². The molecule has 0 saturated carbocycles. The first-order valence-corrected chi connectivity index (χ1v) is 6.57. The van der Waals surface area contributed by atoms with E-state index < -0.39 is 0 Å². The van der Waals surface area contributed by atoms with Crippen molar-refractivity contribution in [3.63, 3.8) is 0 Å². The molecule has 0 fully saturated rings. The molecule has 2 aromatic rings. The van der Waals surface area contributed by atoms with Crippen molar-refractivity contribution < 1.29 is 0 Å². The number of nitrogens with two attached hydrogens (primary N) is 1. The van der Waals surface area contributed by atoms with Gasteiger partial charge >= 0.3 is 0 Å². The van der Waals surface area contributed by atoms with Crippen LogP contribution in [-0.4, -0.2) is 22.1 Å². The van der Waals surface area contributed by atoms with E-state index in [0.29, 0.717) is 6.54 Å². The lowest BCUT2D eigenvalue weighted by atomic mass is 10.1. The predicted molar refractivity (Wildman–Crippen MR) is 73.5 cm³/mol. The molecule has 92 valence electrons. The second kappa shape index (κ2) is 4.58. The molecule has 0 aliphatic heterocycles. The molecule has 0 saturated heterocycles. The maximum Gasteiger partial charge on any atom is 0.138 e. The van der Waals surface area contributed by atoms with Gasteiger partial charge in [-0.2, -0.15) is 0 Å². The smallest absolute Gasteiger partial charge is 0.138 e. The summed E-state index contributed by atoms with van der Waals surface area (Å²) in [5.41, 5.74) is 5.71. The van der Waals surface area contributed by atoms with Gasteiger partial charge in [-0.15, -0.1) is 11.3 Å². The van der Waals surface area contributed by atoms with Gasteiger partial charge in [0.15, 0.2) is 0 Å². The van der Waals surface area contributed by atoms with Crippen LogP contribution in [0.5, 0.6) is 0 Å². The van der Waals surface area contributed by atoms with Crippen molar-refractivity contribution in [3.8, 4) is 0 Å². The maximum atomic E-state index is 5.96. The topological polar surface area (TPSA) is 63.8 Å². The van der Waals surface area contributed by atoms with Crippen molar-refractivity contribution in [1.82, 2.24) is 9.97 Å². The molecular weight excluding hydrogens is 232 g/mol. The Hall–Kier alpha value is -1.20. The highest BCUT2D eigenvalue weighted by atomic mass is 32.1. The Kier molecular flexibility index (Phi) is 3.31. The number of hydrogen-bond donors (Lipinski definition) is 2. The van der Waals surface area contributed by atoms with Crippen molar-refractivity contribution in [1.29, 1.82) is 0 Å². The number of aromatic nitrogens is 2. The summed E-state index contributed by atoms with van der Waals surface area (Å²) in [6, 6.07) is 2.16. The van der Waals surface area contributed by atoms with E-state index in [4.69, 9.17) is 5.73 Å². The van der Waals surface area contributed by atoms with Crippen LogP contribution in [0.1, 0.15) is 25.6 Å². The van der Waals surface area contributed by atoms with E-state index in [1.54, 1.807) is 17.7 Å². The highest BCUT2D eigenvalue weighted by Crippen LogP contribution is 2.28. The third kappa shape index (κ3) is 2.92. The monoisotopic (exact) mass is 250 g/mol. The molecule has 2 rings (SSSR count). The summed E-state index contributed by atoms with van der Waals surface area (Å²) in [5, 5.41) is 4.39. The predicted octanol–water partition coefficient (Wildman–Crippen LogP) is 2.40. The zero-order chi connectivity index (χ0) is 12.5. The van der Waals surface area contributed by atoms with Crippen molar-refractivity contribution in [3.05, 3.63) is 17.3 Å². The van der Waals surface area contributed by atoms with E-state index in [1.165, 1.54) is 4.88 Å². The minimum atomic E-state index is -0.249. The first-order chi connectivity index (χ1) is 7.99. The molecule has 0 spiro atoms. The Morgan fingerprint density at radius 2 is 2.18 bits per heavy atom. The summed E-state index contributed by atoms with van der Waals surface area (Å²) < 4.78 is 0. The molecule has 0 atom stereocenters. The lowest BCUT2D eigenvalue weighted by Gasteiger charge is -2.19. The molecule has 5 heteroatoms. The van der Waals surface area contributed by atoms with Gasteiger partial charge in [0, 0.05) is 17.0 Å². The van der Waals surface area contributed by atoms with Crippen LogP contribution in [0.4, 0.5) is 5.82 Å². The first kappa shape index (κ1) is 12.3. The Morgan fingerprint density at radius 1 is 1.41 bits per heavy atom. The molecule has 4 nitrogen and oxygen atoms in total. The number of hydrogen-bond acceptors (Lipinski definition) is 5. The van der Waals surface area contributed by atoms with Crippen molar-refractivity contribution in [2.75, 3.05) is 11.9 Å². The summed E-state index contributed by atoms with van der Waals surface area (Å²) in [6.45, 7) is 6.82. The Morgan fingerprint density at radius 3 is 2.82 bits per heavy atom. The molecule has 3 N–H and O–H groups in total. The second-order valence-corrected chi connectivity index (χ2v) is 5.96. The molecule has 0 aromatic carbocycles. The standard InChI is InChI=1S/C12H18N4S/c1-4-8-5-9-10(14-6-12(2,3)13)15-7-16-11(9)17-8/h5,7H,4,6,13H2,1-3H3,(H,14,15,16). The summed E-state index contributed by atoms with van der Waals surface area (Å²) in [7, 11) is 0. The Bertz CT molecular complexity index is 513. The zero-order valence-electron chi connectivity index (χ0n) is 10.4. The van der Waals surface area contributed by atoms with Crippen molar-refractivity contribution >= 4 is 27.4 Å². The first-order valence-electron chi connectivity index (χ1n) is 5.76. The van der Waals surface area contributed by atoms with Crippen LogP contribution in [-0.2, 0) is 6.42 Å². The highest BCUT2D eigenvalue weighted by molar-refractivity contribution is 7.18. The third-order valence-corrected chi connectivity index (χ3v) is 3.63. The maximum absolute atomic E-state index is 5.96. The Balaban J connectivity index is 2.30. The quantitative estimate of drug-likeness (QED) is 0.874. The summed E-state index contributed by atoms with van der Waals surface area (Å²) in [4.78, 5) is 10.9. The molecule has 2 aromatic heterocycles. The van der Waals surface area contributed by atoms with Gasteiger partial charge in [-0.25, -0.2) is 9.97 Å². The minimum absolute atomic E-state index is 0.249. The molecule has 0 aliphatic carbocycles. The average molecular weight is 250 g/mol. The summed E-state index contributed by atoms with van der Waals surface area (Å²) >= 11 is 1.72. The number of nitrogens with one attached hydrogen (secondary N) is 1. The molecular formula is C12H18N4S. The molecule has 0 aliphatic rings. The van der Waals surface area contributed by atoms with E-state index in [0.717, 1.165) is 22.5 Å². The molecule has 0 bridgehead atoms. The molecule has 2 heterocycles. The number of aryl methyl sites for hydroxylation is 1. The molecule has 17 heavy (non-hydrogen) atoms. The van der Waals surface area contributed by atoms with Crippen LogP contribution >= 0.6 is 11.3 Å². The van der Waals surface area contributed by atoms with Gasteiger partial charge in [0.25, 0.3) is 0 Å². The van der Waals surface area contributed by atoms with Crippen molar-refractivity contribution in [2.45, 2.75) is 32.7 Å². The van der Waals surface area contributed by atoms with Crippen LogP contribution in [0.15, 0.2) is 12.4 Å². The van der Waals surface area contributed by atoms with Crippen LogP contribution in [0, 0.1) is 0 Å². The van der Waals surface area contributed by atoms with Gasteiger partial charge < -0.3 is 11.1 Å². The Labute approximate surface area is 105 Å². The van der Waals surface area contributed by atoms with E-state index in [2.05, 4.69) is 28.3 Å². The van der Waals surface area contributed by atoms with Crippen molar-refractivity contribution in [2.24, 2.45) is 5.73 Å². The molecule has 0 amide bonds. The number of nitrogens with zero attached hydrogens (tertiary/aromatic N) is 2. The molecule has 0 unspecified atom stereocenters. The van der Waals surface area contributed by atoms with E-state index in [1.807, 2.05) is 13.8 Å². The number of anilines is 1. The van der Waals surface area contributed by atoms with Gasteiger partial charge in [0.05, 0.1) is 5.39 Å². The van der Waals surface area contributed by atoms with Crippen LogP contribution in [0.25, 0.3) is 10.2 Å². The second-order valence-electron chi connectivity index (χ2n) is 4.85. The zero-order valence-corrected chi connectivity index (χ0v) is 11.3. The summed E-state index contributed by atoms with van der Waals surface area (Å²) in [6.07, 6.45) is 2.63. The van der Waals surface area contributed by atoms with Crippen LogP contribution in [0.3, 0.4) is 0 Å². The number of fused-ring (bicyclic) bond motifs is 1. The average Bonchev–Trinajstić information content (AvgIpc) is 2.68. The fourth-order valence-corrected chi connectivity index (χ4v) is 2.47. The van der Waals surface area contributed by atoms with Crippen LogP contribution < -0.4 is 11.1 Å². The van der Waals surface area contributed by atoms with Gasteiger partial charge in [0.1, 0.15) is 17.0 Å². The largest absolute Gasteiger partial charge is 0.368 e. The fraction of sp³-hybridized carbons (Fsp3) is 0.500. The normalized spacial score (nSPS) is 12.0. The lowest BCUT2D eigenvalue weighted by molar-refractivity contribution is 0.549. The molecule has 0 radical (unpaired) electrons. The van der Waals surface area contributed by atoms with Gasteiger partial charge in [-0.3, -0.25) is 0 Å². The fourth-order valence-electron chi connectivity index (χ4n) is 1.53. The van der Waals surface area contributed by atoms with Crippen LogP contribution in [0.2, 0.25) is 0 Å². The summed E-state index contributed by atoms with van der Waals surface area (Å²) in [5.74, 6) is 0.879. The van der Waals surface area contributed by atoms with E-state index >= 15 is 0 Å². The number of thiophene rings is 1. The van der Waals surface area contributed by atoms with Gasteiger partial charge in [-0.1, -0.05) is 6.92 Å². The minimum Gasteiger partial charge on any atom is -0.368 e.